The minimum absolute atomic E-state index is 0. The molecule has 1 atom stereocenters. The minimum atomic E-state index is -0.0446. The summed E-state index contributed by atoms with van der Waals surface area (Å²) in [7, 11) is 0. The van der Waals surface area contributed by atoms with E-state index >= 15 is 0 Å². The van der Waals surface area contributed by atoms with Gasteiger partial charge in [-0.25, -0.2) is 0 Å². The van der Waals surface area contributed by atoms with Crippen molar-refractivity contribution in [3.63, 3.8) is 0 Å². The first-order chi connectivity index (χ1) is 7.06. The highest BCUT2D eigenvalue weighted by atomic mass is 79.9. The first-order valence-corrected chi connectivity index (χ1v) is 6.25. The lowest BCUT2D eigenvalue weighted by molar-refractivity contribution is 0.663. The molecule has 0 aliphatic heterocycles. The molecule has 0 aliphatic rings. The number of halogens is 3. The fourth-order valence-electron chi connectivity index (χ4n) is 1.36. The van der Waals surface area contributed by atoms with Crippen LogP contribution in [-0.4, -0.2) is 0 Å². The van der Waals surface area contributed by atoms with Gasteiger partial charge in [0, 0.05) is 15.0 Å². The Morgan fingerprint density at radius 3 is 2.56 bits per heavy atom. The highest BCUT2D eigenvalue weighted by Gasteiger charge is 2.12. The van der Waals surface area contributed by atoms with Crippen molar-refractivity contribution in [3.05, 3.63) is 39.3 Å². The molecule has 0 bridgehead atoms. The summed E-state index contributed by atoms with van der Waals surface area (Å²) in [5.41, 5.74) is 13.7. The number of nitrogen functional groups attached to an aromatic ring is 1. The number of hydrogen-bond donors (Lipinski definition) is 2. The van der Waals surface area contributed by atoms with E-state index < -0.39 is 0 Å². The molecule has 5 heteroatoms. The zero-order valence-electron chi connectivity index (χ0n) is 8.75. The Morgan fingerprint density at radius 2 is 2.00 bits per heavy atom. The predicted molar refractivity (Wildman–Crippen MR) is 79.9 cm³/mol. The normalized spacial score (nSPS) is 11.7. The first-order valence-electron chi connectivity index (χ1n) is 4.67. The molecule has 0 amide bonds. The van der Waals surface area contributed by atoms with Crippen LogP contribution >= 0.6 is 44.3 Å². The van der Waals surface area contributed by atoms with E-state index in [4.69, 9.17) is 11.5 Å². The van der Waals surface area contributed by atoms with E-state index in [0.717, 1.165) is 33.0 Å². The van der Waals surface area contributed by atoms with E-state index in [1.54, 1.807) is 0 Å². The van der Waals surface area contributed by atoms with Crippen LogP contribution in [0, 0.1) is 0 Å². The number of rotatable bonds is 4. The summed E-state index contributed by atoms with van der Waals surface area (Å²) >= 11 is 6.82. The highest BCUT2D eigenvalue weighted by molar-refractivity contribution is 9.11. The topological polar surface area (TPSA) is 52.0 Å². The molecule has 0 heterocycles. The molecule has 0 fully saturated rings. The quantitative estimate of drug-likeness (QED) is 0.617. The molecule has 90 valence electrons. The Bertz CT molecular complexity index is 369. The molecule has 1 aromatic rings. The van der Waals surface area contributed by atoms with E-state index in [0.29, 0.717) is 0 Å². The van der Waals surface area contributed by atoms with Gasteiger partial charge >= 0.3 is 0 Å². The van der Waals surface area contributed by atoms with Crippen LogP contribution in [0.2, 0.25) is 0 Å². The summed E-state index contributed by atoms with van der Waals surface area (Å²) < 4.78 is 1.86. The fraction of sp³-hybridized carbons (Fsp3) is 0.273. The van der Waals surface area contributed by atoms with Crippen molar-refractivity contribution in [3.8, 4) is 0 Å². The van der Waals surface area contributed by atoms with Gasteiger partial charge < -0.3 is 11.5 Å². The number of nitrogens with two attached hydrogens (primary N) is 2. The van der Waals surface area contributed by atoms with Gasteiger partial charge in [0.25, 0.3) is 0 Å². The Hall–Kier alpha value is -0.0300. The van der Waals surface area contributed by atoms with Crippen molar-refractivity contribution in [1.82, 2.24) is 0 Å². The average Bonchev–Trinajstić information content (AvgIpc) is 2.19. The molecule has 0 saturated carbocycles. The minimum Gasteiger partial charge on any atom is -0.398 e. The van der Waals surface area contributed by atoms with Crippen LogP contribution in [-0.2, 0) is 0 Å². The maximum atomic E-state index is 6.05. The zero-order valence-corrected chi connectivity index (χ0v) is 12.7. The summed E-state index contributed by atoms with van der Waals surface area (Å²) in [6.07, 6.45) is 3.62. The lowest BCUT2D eigenvalue weighted by Crippen LogP contribution is -2.12. The third-order valence-corrected chi connectivity index (χ3v) is 3.32. The molecule has 4 N–H and O–H groups in total. The molecular formula is C11H15Br2ClN2. The zero-order chi connectivity index (χ0) is 11.4. The predicted octanol–water partition coefficient (Wildman–Crippen LogP) is 4.18. The summed E-state index contributed by atoms with van der Waals surface area (Å²) in [6, 6.07) is 3.84. The number of anilines is 1. The van der Waals surface area contributed by atoms with E-state index in [1.165, 1.54) is 0 Å². The number of hydrogen-bond acceptors (Lipinski definition) is 2. The summed E-state index contributed by atoms with van der Waals surface area (Å²) in [4.78, 5) is 0. The number of allylic oxidation sites excluding steroid dienone is 1. The molecular weight excluding hydrogens is 355 g/mol. The van der Waals surface area contributed by atoms with Crippen molar-refractivity contribution >= 4 is 50.0 Å². The van der Waals surface area contributed by atoms with Crippen LogP contribution in [0.3, 0.4) is 0 Å². The summed E-state index contributed by atoms with van der Waals surface area (Å²) in [5, 5.41) is 0. The van der Waals surface area contributed by atoms with Crippen molar-refractivity contribution < 1.29 is 0 Å². The van der Waals surface area contributed by atoms with Gasteiger partial charge in [-0.05, 0) is 46.5 Å². The van der Waals surface area contributed by atoms with Gasteiger partial charge in [-0.3, -0.25) is 0 Å². The molecule has 16 heavy (non-hydrogen) atoms. The van der Waals surface area contributed by atoms with Gasteiger partial charge in [-0.15, -0.1) is 19.0 Å². The van der Waals surface area contributed by atoms with Gasteiger partial charge in [0.05, 0.1) is 5.69 Å². The van der Waals surface area contributed by atoms with Crippen molar-refractivity contribution in [2.45, 2.75) is 18.9 Å². The van der Waals surface area contributed by atoms with Crippen LogP contribution in [0.5, 0.6) is 0 Å². The molecule has 0 unspecified atom stereocenters. The van der Waals surface area contributed by atoms with Crippen LogP contribution in [0.25, 0.3) is 0 Å². The van der Waals surface area contributed by atoms with Crippen LogP contribution in [0.4, 0.5) is 5.69 Å². The third-order valence-electron chi connectivity index (χ3n) is 2.21. The van der Waals surface area contributed by atoms with Gasteiger partial charge in [0.1, 0.15) is 0 Å². The van der Waals surface area contributed by atoms with Crippen molar-refractivity contribution in [2.24, 2.45) is 5.73 Å². The Morgan fingerprint density at radius 1 is 1.38 bits per heavy atom. The molecule has 1 rings (SSSR count). The SMILES string of the molecule is C=CCC[C@@H](N)c1cc(Br)cc(Br)c1N.Cl. The standard InChI is InChI=1S/C11H14Br2N2.ClH/c1-2-3-4-10(14)8-5-7(12)6-9(13)11(8)15;/h2,5-6,10H,1,3-4,14-15H2;1H/t10-;/m1./s1. The molecule has 0 spiro atoms. The maximum absolute atomic E-state index is 6.05. The van der Waals surface area contributed by atoms with E-state index in [-0.39, 0.29) is 18.4 Å². The molecule has 0 aliphatic carbocycles. The first kappa shape index (κ1) is 16.0. The Labute approximate surface area is 119 Å². The van der Waals surface area contributed by atoms with Gasteiger partial charge in [-0.1, -0.05) is 22.0 Å². The molecule has 0 radical (unpaired) electrons. The second kappa shape index (κ2) is 7.33. The molecule has 2 nitrogen and oxygen atoms in total. The number of benzene rings is 1. The summed E-state index contributed by atoms with van der Waals surface area (Å²) in [5.74, 6) is 0. The second-order valence-corrected chi connectivity index (χ2v) is 5.13. The highest BCUT2D eigenvalue weighted by Crippen LogP contribution is 2.32. The van der Waals surface area contributed by atoms with Crippen LogP contribution < -0.4 is 11.5 Å². The third kappa shape index (κ3) is 4.09. The molecule has 1 aromatic carbocycles. The van der Waals surface area contributed by atoms with E-state index in [2.05, 4.69) is 38.4 Å². The lowest BCUT2D eigenvalue weighted by atomic mass is 10.0. The molecule has 0 aromatic heterocycles. The van der Waals surface area contributed by atoms with Crippen LogP contribution in [0.1, 0.15) is 24.4 Å². The Kier molecular flexibility index (Phi) is 7.31. The fourth-order valence-corrected chi connectivity index (χ4v) is 2.62. The van der Waals surface area contributed by atoms with Crippen LogP contribution in [0.15, 0.2) is 33.7 Å². The van der Waals surface area contributed by atoms with E-state index in [9.17, 15) is 0 Å². The summed E-state index contributed by atoms with van der Waals surface area (Å²) in [6.45, 7) is 3.68. The van der Waals surface area contributed by atoms with Gasteiger partial charge in [0.2, 0.25) is 0 Å². The monoisotopic (exact) mass is 368 g/mol. The van der Waals surface area contributed by atoms with Crippen molar-refractivity contribution in [2.75, 3.05) is 5.73 Å². The lowest BCUT2D eigenvalue weighted by Gasteiger charge is -2.15. The van der Waals surface area contributed by atoms with Gasteiger partial charge in [-0.2, -0.15) is 0 Å². The largest absolute Gasteiger partial charge is 0.398 e. The Balaban J connectivity index is 0.00000225. The van der Waals surface area contributed by atoms with Gasteiger partial charge in [0.15, 0.2) is 0 Å². The average molecular weight is 371 g/mol. The smallest absolute Gasteiger partial charge is 0.0507 e. The van der Waals surface area contributed by atoms with E-state index in [1.807, 2.05) is 18.2 Å². The van der Waals surface area contributed by atoms with Crippen molar-refractivity contribution in [1.29, 1.82) is 0 Å². The molecule has 0 saturated heterocycles. The maximum Gasteiger partial charge on any atom is 0.0507 e. The second-order valence-electron chi connectivity index (χ2n) is 3.36.